The molecule has 1 aliphatic rings. The maximum absolute atomic E-state index is 11.7. The number of carbonyl (C=O) groups excluding carboxylic acids is 2. The molecule has 1 heterocycles. The number of nitrogens with one attached hydrogen (secondary N) is 3. The Balaban J connectivity index is 1.60. The van der Waals surface area contributed by atoms with Crippen molar-refractivity contribution in [1.29, 1.82) is 0 Å². The van der Waals surface area contributed by atoms with E-state index in [4.69, 9.17) is 0 Å². The smallest absolute Gasteiger partial charge is 0.224 e. The van der Waals surface area contributed by atoms with E-state index in [-0.39, 0.29) is 17.9 Å². The van der Waals surface area contributed by atoms with Crippen LogP contribution in [0.3, 0.4) is 0 Å². The SMILES string of the molecule is O=C(Cc1ccccc1)NCCC(=O)NC1CCNC1. The molecule has 0 bridgehead atoms. The zero-order valence-electron chi connectivity index (χ0n) is 11.5. The fraction of sp³-hybridized carbons (Fsp3) is 0.467. The van der Waals surface area contributed by atoms with Gasteiger partial charge in [-0.25, -0.2) is 0 Å². The summed E-state index contributed by atoms with van der Waals surface area (Å²) in [7, 11) is 0. The first-order chi connectivity index (χ1) is 9.74. The molecule has 1 fully saturated rings. The fourth-order valence-corrected chi connectivity index (χ4v) is 2.24. The molecule has 2 rings (SSSR count). The molecule has 1 aliphatic heterocycles. The van der Waals surface area contributed by atoms with Crippen LogP contribution in [0, 0.1) is 0 Å². The summed E-state index contributed by atoms with van der Waals surface area (Å²) in [6, 6.07) is 9.81. The molecule has 3 N–H and O–H groups in total. The van der Waals surface area contributed by atoms with Crippen LogP contribution in [0.15, 0.2) is 30.3 Å². The van der Waals surface area contributed by atoms with Gasteiger partial charge in [-0.2, -0.15) is 0 Å². The molecular formula is C15H21N3O2. The zero-order chi connectivity index (χ0) is 14.2. The average Bonchev–Trinajstić information content (AvgIpc) is 2.92. The normalized spacial score (nSPS) is 17.7. The lowest BCUT2D eigenvalue weighted by Gasteiger charge is -2.11. The largest absolute Gasteiger partial charge is 0.355 e. The Morgan fingerprint density at radius 3 is 2.70 bits per heavy atom. The van der Waals surface area contributed by atoms with Gasteiger partial charge in [-0.1, -0.05) is 30.3 Å². The van der Waals surface area contributed by atoms with E-state index < -0.39 is 0 Å². The lowest BCUT2D eigenvalue weighted by Crippen LogP contribution is -2.38. The van der Waals surface area contributed by atoms with Crippen LogP contribution < -0.4 is 16.0 Å². The highest BCUT2D eigenvalue weighted by molar-refractivity contribution is 5.80. The van der Waals surface area contributed by atoms with E-state index in [0.717, 1.165) is 25.1 Å². The number of rotatable bonds is 6. The molecule has 5 heteroatoms. The molecule has 1 atom stereocenters. The predicted molar refractivity (Wildman–Crippen MR) is 77.2 cm³/mol. The average molecular weight is 275 g/mol. The molecule has 5 nitrogen and oxygen atoms in total. The highest BCUT2D eigenvalue weighted by Gasteiger charge is 2.16. The van der Waals surface area contributed by atoms with Crippen LogP contribution in [0.2, 0.25) is 0 Å². The van der Waals surface area contributed by atoms with E-state index in [1.54, 1.807) is 0 Å². The summed E-state index contributed by atoms with van der Waals surface area (Å²) in [5.41, 5.74) is 0.978. The van der Waals surface area contributed by atoms with Crippen molar-refractivity contribution in [3.8, 4) is 0 Å². The van der Waals surface area contributed by atoms with Gasteiger partial charge in [0, 0.05) is 25.6 Å². The molecule has 0 spiro atoms. The maximum atomic E-state index is 11.7. The van der Waals surface area contributed by atoms with Crippen molar-refractivity contribution in [3.05, 3.63) is 35.9 Å². The molecule has 2 amide bonds. The minimum Gasteiger partial charge on any atom is -0.355 e. The third-order valence-corrected chi connectivity index (χ3v) is 3.31. The lowest BCUT2D eigenvalue weighted by atomic mass is 10.1. The molecular weight excluding hydrogens is 254 g/mol. The summed E-state index contributed by atoms with van der Waals surface area (Å²) in [6.07, 6.45) is 1.66. The van der Waals surface area contributed by atoms with Gasteiger partial charge < -0.3 is 16.0 Å². The van der Waals surface area contributed by atoms with Crippen molar-refractivity contribution in [2.24, 2.45) is 0 Å². The van der Waals surface area contributed by atoms with E-state index in [0.29, 0.717) is 19.4 Å². The number of benzene rings is 1. The lowest BCUT2D eigenvalue weighted by molar-refractivity contribution is -0.122. The number of amides is 2. The number of hydrogen-bond acceptors (Lipinski definition) is 3. The summed E-state index contributed by atoms with van der Waals surface area (Å²) in [5.74, 6) is -0.0507. The molecule has 108 valence electrons. The topological polar surface area (TPSA) is 70.2 Å². The quantitative estimate of drug-likeness (QED) is 0.695. The molecule has 0 saturated carbocycles. The van der Waals surface area contributed by atoms with Gasteiger partial charge in [-0.3, -0.25) is 9.59 Å². The van der Waals surface area contributed by atoms with Gasteiger partial charge in [0.25, 0.3) is 0 Å². The molecule has 1 aromatic rings. The second kappa shape index (κ2) is 7.65. The zero-order valence-corrected chi connectivity index (χ0v) is 11.5. The van der Waals surface area contributed by atoms with Crippen LogP contribution in [0.4, 0.5) is 0 Å². The molecule has 20 heavy (non-hydrogen) atoms. The van der Waals surface area contributed by atoms with Crippen molar-refractivity contribution < 1.29 is 9.59 Å². The van der Waals surface area contributed by atoms with Crippen LogP contribution in [-0.2, 0) is 16.0 Å². The highest BCUT2D eigenvalue weighted by Crippen LogP contribution is 1.99. The standard InChI is InChI=1S/C15H21N3O2/c19-14(18-13-6-8-16-11-13)7-9-17-15(20)10-12-4-2-1-3-5-12/h1-5,13,16H,6-11H2,(H,17,20)(H,18,19). The maximum Gasteiger partial charge on any atom is 0.224 e. The Morgan fingerprint density at radius 2 is 2.00 bits per heavy atom. The number of hydrogen-bond donors (Lipinski definition) is 3. The Labute approximate surface area is 119 Å². The summed E-state index contributed by atoms with van der Waals surface area (Å²) < 4.78 is 0. The van der Waals surface area contributed by atoms with Gasteiger partial charge in [0.15, 0.2) is 0 Å². The number of carbonyl (C=O) groups is 2. The van der Waals surface area contributed by atoms with Crippen LogP contribution in [0.25, 0.3) is 0 Å². The third kappa shape index (κ3) is 5.01. The van der Waals surface area contributed by atoms with E-state index in [1.165, 1.54) is 0 Å². The Morgan fingerprint density at radius 1 is 1.20 bits per heavy atom. The van der Waals surface area contributed by atoms with Gasteiger partial charge in [0.1, 0.15) is 0 Å². The first-order valence-electron chi connectivity index (χ1n) is 7.05. The third-order valence-electron chi connectivity index (χ3n) is 3.31. The first-order valence-corrected chi connectivity index (χ1v) is 7.05. The first kappa shape index (κ1) is 14.5. The van der Waals surface area contributed by atoms with Gasteiger partial charge in [-0.15, -0.1) is 0 Å². The van der Waals surface area contributed by atoms with Crippen molar-refractivity contribution in [2.45, 2.75) is 25.3 Å². The molecule has 0 radical (unpaired) electrons. The van der Waals surface area contributed by atoms with Crippen LogP contribution in [0.1, 0.15) is 18.4 Å². The van der Waals surface area contributed by atoms with E-state index in [9.17, 15) is 9.59 Å². The molecule has 1 aromatic carbocycles. The summed E-state index contributed by atoms with van der Waals surface area (Å²) in [6.45, 7) is 2.18. The summed E-state index contributed by atoms with van der Waals surface area (Å²) >= 11 is 0. The second-order valence-corrected chi connectivity index (χ2v) is 5.02. The van der Waals surface area contributed by atoms with Crippen LogP contribution >= 0.6 is 0 Å². The Hall–Kier alpha value is -1.88. The van der Waals surface area contributed by atoms with Gasteiger partial charge in [0.05, 0.1) is 6.42 Å². The highest BCUT2D eigenvalue weighted by atomic mass is 16.2. The minimum absolute atomic E-state index is 0.00119. The monoisotopic (exact) mass is 275 g/mol. The minimum atomic E-state index is -0.0495. The fourth-order valence-electron chi connectivity index (χ4n) is 2.24. The van der Waals surface area contributed by atoms with Crippen molar-refractivity contribution in [3.63, 3.8) is 0 Å². The summed E-state index contributed by atoms with van der Waals surface area (Å²) in [5, 5.41) is 8.92. The van der Waals surface area contributed by atoms with Crippen molar-refractivity contribution >= 4 is 11.8 Å². The Kier molecular flexibility index (Phi) is 5.55. The van der Waals surface area contributed by atoms with Gasteiger partial charge >= 0.3 is 0 Å². The van der Waals surface area contributed by atoms with Crippen LogP contribution in [-0.4, -0.2) is 37.5 Å². The summed E-state index contributed by atoms with van der Waals surface area (Å²) in [4.78, 5) is 23.3. The molecule has 0 aliphatic carbocycles. The molecule has 1 unspecified atom stereocenters. The second-order valence-electron chi connectivity index (χ2n) is 5.02. The van der Waals surface area contributed by atoms with Crippen LogP contribution in [0.5, 0.6) is 0 Å². The van der Waals surface area contributed by atoms with Gasteiger partial charge in [0.2, 0.25) is 11.8 Å². The van der Waals surface area contributed by atoms with E-state index in [1.807, 2.05) is 30.3 Å². The molecule has 1 saturated heterocycles. The predicted octanol–water partition coefficient (Wildman–Crippen LogP) is 0.214. The van der Waals surface area contributed by atoms with Crippen molar-refractivity contribution in [1.82, 2.24) is 16.0 Å². The van der Waals surface area contributed by atoms with Crippen molar-refractivity contribution in [2.75, 3.05) is 19.6 Å². The van der Waals surface area contributed by atoms with Gasteiger partial charge in [-0.05, 0) is 18.5 Å². The van der Waals surface area contributed by atoms with E-state index >= 15 is 0 Å². The Bertz CT molecular complexity index is 442. The van der Waals surface area contributed by atoms with E-state index in [2.05, 4.69) is 16.0 Å². The molecule has 0 aromatic heterocycles.